The summed E-state index contributed by atoms with van der Waals surface area (Å²) < 4.78 is 0. The van der Waals surface area contributed by atoms with Gasteiger partial charge in [0.1, 0.15) is 0 Å². The molecule has 0 aliphatic heterocycles. The number of carboxylic acids is 1. The lowest BCUT2D eigenvalue weighted by atomic mass is 9.84. The van der Waals surface area contributed by atoms with Gasteiger partial charge in [-0.3, -0.25) is 4.79 Å². The van der Waals surface area contributed by atoms with Crippen LogP contribution >= 0.6 is 0 Å². The Balaban J connectivity index is 2.27. The van der Waals surface area contributed by atoms with Crippen LogP contribution in [0.25, 0.3) is 0 Å². The van der Waals surface area contributed by atoms with Crippen LogP contribution in [0.3, 0.4) is 0 Å². The fraction of sp³-hybridized carbons (Fsp3) is 0.533. The summed E-state index contributed by atoms with van der Waals surface area (Å²) in [6, 6.07) is 5.78. The molecule has 0 fully saturated rings. The average Bonchev–Trinajstić information content (AvgIpc) is 2.74. The number of aliphatic carboxylic acids is 1. The second kappa shape index (κ2) is 5.11. The first kappa shape index (κ1) is 13.1. The zero-order chi connectivity index (χ0) is 13.3. The third-order valence-corrected chi connectivity index (χ3v) is 3.90. The first-order valence-electron chi connectivity index (χ1n) is 6.60. The number of carboxylic acid groups (broad SMARTS) is 1. The van der Waals surface area contributed by atoms with E-state index >= 15 is 0 Å². The molecule has 0 bridgehead atoms. The molecule has 2 rings (SSSR count). The van der Waals surface area contributed by atoms with Gasteiger partial charge in [-0.15, -0.1) is 0 Å². The van der Waals surface area contributed by atoms with Gasteiger partial charge in [-0.05, 0) is 41.9 Å². The molecule has 0 saturated heterocycles. The number of hydrogen-bond acceptors (Lipinski definition) is 2. The summed E-state index contributed by atoms with van der Waals surface area (Å²) in [4.78, 5) is 11.3. The lowest BCUT2D eigenvalue weighted by Crippen LogP contribution is -2.32. The highest BCUT2D eigenvalue weighted by Gasteiger charge is 2.30. The Morgan fingerprint density at radius 3 is 2.56 bits per heavy atom. The number of rotatable bonds is 4. The van der Waals surface area contributed by atoms with Crippen molar-refractivity contribution in [1.29, 1.82) is 0 Å². The summed E-state index contributed by atoms with van der Waals surface area (Å²) in [5.41, 5.74) is 9.84. The molecule has 3 nitrogen and oxygen atoms in total. The molecule has 0 amide bonds. The van der Waals surface area contributed by atoms with Gasteiger partial charge in [0.2, 0.25) is 0 Å². The minimum absolute atomic E-state index is 0.0331. The molecule has 98 valence electrons. The second-order valence-electron chi connectivity index (χ2n) is 5.52. The van der Waals surface area contributed by atoms with Crippen LogP contribution in [0.5, 0.6) is 0 Å². The van der Waals surface area contributed by atoms with E-state index in [0.29, 0.717) is 0 Å². The normalized spacial score (nSPS) is 17.6. The number of fused-ring (bicyclic) bond motifs is 1. The van der Waals surface area contributed by atoms with Gasteiger partial charge >= 0.3 is 5.97 Å². The minimum Gasteiger partial charge on any atom is -0.481 e. The summed E-state index contributed by atoms with van der Waals surface area (Å²) in [7, 11) is 0. The van der Waals surface area contributed by atoms with Crippen molar-refractivity contribution in [1.82, 2.24) is 0 Å². The molecule has 0 aromatic heterocycles. The van der Waals surface area contributed by atoms with E-state index in [-0.39, 0.29) is 5.92 Å². The number of hydrogen-bond donors (Lipinski definition) is 2. The van der Waals surface area contributed by atoms with Gasteiger partial charge in [0.05, 0.1) is 5.92 Å². The Labute approximate surface area is 108 Å². The minimum atomic E-state index is -0.807. The van der Waals surface area contributed by atoms with Crippen LogP contribution in [-0.4, -0.2) is 11.1 Å². The predicted molar refractivity (Wildman–Crippen MR) is 71.4 cm³/mol. The van der Waals surface area contributed by atoms with Crippen molar-refractivity contribution in [3.05, 3.63) is 34.9 Å². The highest BCUT2D eigenvalue weighted by Crippen LogP contribution is 2.30. The maximum absolute atomic E-state index is 11.3. The molecule has 3 heteroatoms. The van der Waals surface area contributed by atoms with Crippen LogP contribution in [0.4, 0.5) is 0 Å². The maximum Gasteiger partial charge on any atom is 0.308 e. The summed E-state index contributed by atoms with van der Waals surface area (Å²) in [5, 5.41) is 9.29. The summed E-state index contributed by atoms with van der Waals surface area (Å²) in [5.74, 6) is -1.30. The molecule has 0 heterocycles. The molecule has 1 aromatic carbocycles. The van der Waals surface area contributed by atoms with Gasteiger partial charge in [-0.25, -0.2) is 0 Å². The van der Waals surface area contributed by atoms with Crippen molar-refractivity contribution in [3.63, 3.8) is 0 Å². The number of carbonyl (C=O) groups is 1. The molecule has 1 aliphatic carbocycles. The smallest absolute Gasteiger partial charge is 0.308 e. The van der Waals surface area contributed by atoms with Crippen LogP contribution < -0.4 is 5.73 Å². The fourth-order valence-electron chi connectivity index (χ4n) is 2.86. The molecule has 2 atom stereocenters. The van der Waals surface area contributed by atoms with Gasteiger partial charge < -0.3 is 10.8 Å². The van der Waals surface area contributed by atoms with Crippen molar-refractivity contribution < 1.29 is 9.90 Å². The molecule has 0 saturated carbocycles. The second-order valence-corrected chi connectivity index (χ2v) is 5.52. The molecular formula is C15H21NO2. The summed E-state index contributed by atoms with van der Waals surface area (Å²) in [6.45, 7) is 3.82. The third-order valence-electron chi connectivity index (χ3n) is 3.90. The van der Waals surface area contributed by atoms with Gasteiger partial charge in [0, 0.05) is 6.04 Å². The zero-order valence-corrected chi connectivity index (χ0v) is 11.0. The van der Waals surface area contributed by atoms with Crippen LogP contribution in [0.15, 0.2) is 18.2 Å². The highest BCUT2D eigenvalue weighted by molar-refractivity contribution is 5.71. The monoisotopic (exact) mass is 247 g/mol. The molecule has 18 heavy (non-hydrogen) atoms. The largest absolute Gasteiger partial charge is 0.481 e. The molecular weight excluding hydrogens is 226 g/mol. The Morgan fingerprint density at radius 2 is 1.94 bits per heavy atom. The highest BCUT2D eigenvalue weighted by atomic mass is 16.4. The standard InChI is InChI=1S/C15H21NO2/c1-9(2)13(15(17)18)14(16)12-7-6-10-4-3-5-11(10)8-12/h6-9,13-14H,3-5,16H2,1-2H3,(H,17,18). The predicted octanol–water partition coefficient (Wildman–Crippen LogP) is 2.53. The maximum atomic E-state index is 11.3. The van der Waals surface area contributed by atoms with Crippen LogP contribution in [0.1, 0.15) is 43.0 Å². The van der Waals surface area contributed by atoms with E-state index in [9.17, 15) is 9.90 Å². The number of benzene rings is 1. The van der Waals surface area contributed by atoms with E-state index in [1.54, 1.807) is 0 Å². The van der Waals surface area contributed by atoms with Crippen molar-refractivity contribution in [2.45, 2.75) is 39.2 Å². The average molecular weight is 247 g/mol. The van der Waals surface area contributed by atoms with Gasteiger partial charge in [0.25, 0.3) is 0 Å². The Kier molecular flexibility index (Phi) is 3.71. The SMILES string of the molecule is CC(C)C(C(=O)O)C(N)c1ccc2c(c1)CCC2. The van der Waals surface area contributed by atoms with Crippen molar-refractivity contribution >= 4 is 5.97 Å². The van der Waals surface area contributed by atoms with Crippen LogP contribution in [-0.2, 0) is 17.6 Å². The van der Waals surface area contributed by atoms with Gasteiger partial charge in [-0.2, -0.15) is 0 Å². The molecule has 2 unspecified atom stereocenters. The summed E-state index contributed by atoms with van der Waals surface area (Å²) in [6.07, 6.45) is 3.42. The molecule has 1 aliphatic rings. The molecule has 0 radical (unpaired) electrons. The lowest BCUT2D eigenvalue weighted by Gasteiger charge is -2.24. The first-order chi connectivity index (χ1) is 8.50. The van der Waals surface area contributed by atoms with E-state index in [0.717, 1.165) is 18.4 Å². The van der Waals surface area contributed by atoms with Crippen LogP contribution in [0, 0.1) is 11.8 Å². The van der Waals surface area contributed by atoms with Gasteiger partial charge in [-0.1, -0.05) is 32.0 Å². The van der Waals surface area contributed by atoms with E-state index in [1.165, 1.54) is 17.5 Å². The zero-order valence-electron chi connectivity index (χ0n) is 11.0. The quantitative estimate of drug-likeness (QED) is 0.859. The Hall–Kier alpha value is -1.35. The molecule has 0 spiro atoms. The summed E-state index contributed by atoms with van der Waals surface area (Å²) >= 11 is 0. The topological polar surface area (TPSA) is 63.3 Å². The van der Waals surface area contributed by atoms with Crippen molar-refractivity contribution in [3.8, 4) is 0 Å². The lowest BCUT2D eigenvalue weighted by molar-refractivity contribution is -0.144. The Bertz CT molecular complexity index is 454. The fourth-order valence-corrected chi connectivity index (χ4v) is 2.86. The molecule has 3 N–H and O–H groups in total. The number of nitrogens with two attached hydrogens (primary N) is 1. The van der Waals surface area contributed by atoms with Gasteiger partial charge in [0.15, 0.2) is 0 Å². The Morgan fingerprint density at radius 1 is 1.28 bits per heavy atom. The first-order valence-corrected chi connectivity index (χ1v) is 6.60. The van der Waals surface area contributed by atoms with E-state index in [2.05, 4.69) is 12.1 Å². The molecule has 1 aromatic rings. The van der Waals surface area contributed by atoms with Crippen LogP contribution in [0.2, 0.25) is 0 Å². The number of aryl methyl sites for hydroxylation is 2. The van der Waals surface area contributed by atoms with Crippen molar-refractivity contribution in [2.24, 2.45) is 17.6 Å². The third kappa shape index (κ3) is 2.41. The van der Waals surface area contributed by atoms with E-state index < -0.39 is 17.9 Å². The van der Waals surface area contributed by atoms with Crippen molar-refractivity contribution in [2.75, 3.05) is 0 Å². The van der Waals surface area contributed by atoms with E-state index in [4.69, 9.17) is 5.73 Å². The van der Waals surface area contributed by atoms with E-state index in [1.807, 2.05) is 19.9 Å².